The Morgan fingerprint density at radius 1 is 1.39 bits per heavy atom. The topological polar surface area (TPSA) is 32.3 Å². The third-order valence-corrected chi connectivity index (χ3v) is 3.64. The number of nitrogens with one attached hydrogen (secondary N) is 1. The summed E-state index contributed by atoms with van der Waals surface area (Å²) in [5, 5.41) is 3.36. The summed E-state index contributed by atoms with van der Waals surface area (Å²) in [5.41, 5.74) is 2.03. The molecule has 0 spiro atoms. The molecule has 0 aromatic heterocycles. The molecule has 3 nitrogen and oxygen atoms in total. The molecule has 0 radical (unpaired) electrons. The van der Waals surface area contributed by atoms with E-state index in [1.54, 1.807) is 0 Å². The molecular formula is C15H22N2O. The van der Waals surface area contributed by atoms with Crippen molar-refractivity contribution < 1.29 is 4.79 Å². The molecule has 18 heavy (non-hydrogen) atoms. The van der Waals surface area contributed by atoms with Crippen molar-refractivity contribution in [2.75, 3.05) is 26.2 Å². The fourth-order valence-electron chi connectivity index (χ4n) is 2.34. The van der Waals surface area contributed by atoms with Gasteiger partial charge in [0.25, 0.3) is 0 Å². The maximum Gasteiger partial charge on any atom is 0.164 e. The van der Waals surface area contributed by atoms with Gasteiger partial charge in [0.15, 0.2) is 5.78 Å². The van der Waals surface area contributed by atoms with Crippen LogP contribution >= 0.6 is 0 Å². The standard InChI is InChI=1S/C15H22N2O/c1-12-3-5-14(6-4-12)15(18)7-9-17-10-8-16-11-13(17)2/h3-6,13,16H,7-11H2,1-2H3. The Balaban J connectivity index is 1.86. The lowest BCUT2D eigenvalue weighted by Gasteiger charge is -2.33. The van der Waals surface area contributed by atoms with E-state index in [9.17, 15) is 4.79 Å². The zero-order valence-corrected chi connectivity index (χ0v) is 11.3. The SMILES string of the molecule is Cc1ccc(C(=O)CCN2CCNCC2C)cc1. The number of hydrogen-bond acceptors (Lipinski definition) is 3. The van der Waals surface area contributed by atoms with Crippen molar-refractivity contribution in [2.24, 2.45) is 0 Å². The average Bonchev–Trinajstić information content (AvgIpc) is 2.38. The Hall–Kier alpha value is -1.19. The lowest BCUT2D eigenvalue weighted by Crippen LogP contribution is -2.50. The Bertz CT molecular complexity index is 399. The molecule has 1 aromatic carbocycles. The number of nitrogens with zero attached hydrogens (tertiary/aromatic N) is 1. The first-order chi connectivity index (χ1) is 8.66. The molecule has 1 aliphatic rings. The normalized spacial score (nSPS) is 20.9. The van der Waals surface area contributed by atoms with E-state index in [0.29, 0.717) is 12.5 Å². The maximum atomic E-state index is 12.1. The Labute approximate surface area is 109 Å². The summed E-state index contributed by atoms with van der Waals surface area (Å²) >= 11 is 0. The van der Waals surface area contributed by atoms with Gasteiger partial charge in [0, 0.05) is 44.2 Å². The van der Waals surface area contributed by atoms with Gasteiger partial charge >= 0.3 is 0 Å². The highest BCUT2D eigenvalue weighted by atomic mass is 16.1. The van der Waals surface area contributed by atoms with Crippen LogP contribution in [0.2, 0.25) is 0 Å². The number of ketones is 1. The molecule has 1 atom stereocenters. The molecule has 2 rings (SSSR count). The van der Waals surface area contributed by atoms with E-state index in [1.165, 1.54) is 5.56 Å². The van der Waals surface area contributed by atoms with Gasteiger partial charge < -0.3 is 5.32 Å². The van der Waals surface area contributed by atoms with Gasteiger partial charge in [0.1, 0.15) is 0 Å². The van der Waals surface area contributed by atoms with Crippen LogP contribution in [-0.4, -0.2) is 42.9 Å². The van der Waals surface area contributed by atoms with E-state index < -0.39 is 0 Å². The van der Waals surface area contributed by atoms with Crippen molar-refractivity contribution >= 4 is 5.78 Å². The zero-order valence-electron chi connectivity index (χ0n) is 11.3. The minimum absolute atomic E-state index is 0.251. The fraction of sp³-hybridized carbons (Fsp3) is 0.533. The number of carbonyl (C=O) groups excluding carboxylic acids is 1. The second-order valence-corrected chi connectivity index (χ2v) is 5.13. The van der Waals surface area contributed by atoms with Gasteiger partial charge in [-0.05, 0) is 13.8 Å². The van der Waals surface area contributed by atoms with Crippen LogP contribution in [-0.2, 0) is 0 Å². The quantitative estimate of drug-likeness (QED) is 0.823. The van der Waals surface area contributed by atoms with Crippen molar-refractivity contribution in [3.05, 3.63) is 35.4 Å². The van der Waals surface area contributed by atoms with Crippen LogP contribution in [0.25, 0.3) is 0 Å². The second-order valence-electron chi connectivity index (χ2n) is 5.13. The van der Waals surface area contributed by atoms with Crippen molar-refractivity contribution in [3.8, 4) is 0 Å². The summed E-state index contributed by atoms with van der Waals surface area (Å²) in [6, 6.07) is 8.39. The minimum atomic E-state index is 0.251. The first-order valence-corrected chi connectivity index (χ1v) is 6.71. The van der Waals surface area contributed by atoms with Gasteiger partial charge in [-0.1, -0.05) is 29.8 Å². The lowest BCUT2D eigenvalue weighted by molar-refractivity contribution is 0.0942. The van der Waals surface area contributed by atoms with Crippen LogP contribution in [0.15, 0.2) is 24.3 Å². The molecule has 1 heterocycles. The molecule has 1 unspecified atom stereocenters. The first-order valence-electron chi connectivity index (χ1n) is 6.71. The Morgan fingerprint density at radius 3 is 2.78 bits per heavy atom. The van der Waals surface area contributed by atoms with E-state index in [1.807, 2.05) is 31.2 Å². The third kappa shape index (κ3) is 3.40. The number of hydrogen-bond donors (Lipinski definition) is 1. The monoisotopic (exact) mass is 246 g/mol. The van der Waals surface area contributed by atoms with E-state index in [0.717, 1.165) is 31.7 Å². The number of piperazine rings is 1. The molecule has 0 saturated carbocycles. The van der Waals surface area contributed by atoms with Gasteiger partial charge in [-0.15, -0.1) is 0 Å². The molecule has 1 saturated heterocycles. The Kier molecular flexibility index (Phi) is 4.50. The number of rotatable bonds is 4. The summed E-state index contributed by atoms with van der Waals surface area (Å²) in [5.74, 6) is 0.251. The number of carbonyl (C=O) groups is 1. The predicted molar refractivity (Wildman–Crippen MR) is 74.0 cm³/mol. The number of benzene rings is 1. The Morgan fingerprint density at radius 2 is 2.11 bits per heavy atom. The molecule has 0 aliphatic carbocycles. The van der Waals surface area contributed by atoms with Crippen LogP contribution in [0.5, 0.6) is 0 Å². The van der Waals surface area contributed by atoms with E-state index in [4.69, 9.17) is 0 Å². The summed E-state index contributed by atoms with van der Waals surface area (Å²) in [7, 11) is 0. The van der Waals surface area contributed by atoms with Crippen molar-refractivity contribution in [2.45, 2.75) is 26.3 Å². The molecule has 1 aliphatic heterocycles. The van der Waals surface area contributed by atoms with Crippen LogP contribution < -0.4 is 5.32 Å². The second kappa shape index (κ2) is 6.12. The van der Waals surface area contributed by atoms with Gasteiger partial charge in [0.2, 0.25) is 0 Å². The molecule has 98 valence electrons. The van der Waals surface area contributed by atoms with Crippen LogP contribution in [0.3, 0.4) is 0 Å². The minimum Gasteiger partial charge on any atom is -0.314 e. The van der Waals surface area contributed by atoms with Crippen molar-refractivity contribution in [1.82, 2.24) is 10.2 Å². The smallest absolute Gasteiger partial charge is 0.164 e. The molecule has 3 heteroatoms. The highest BCUT2D eigenvalue weighted by Gasteiger charge is 2.18. The fourth-order valence-corrected chi connectivity index (χ4v) is 2.34. The van der Waals surface area contributed by atoms with Crippen molar-refractivity contribution in [1.29, 1.82) is 0 Å². The van der Waals surface area contributed by atoms with Crippen LogP contribution in [0.4, 0.5) is 0 Å². The molecule has 1 fully saturated rings. The van der Waals surface area contributed by atoms with Gasteiger partial charge in [-0.25, -0.2) is 0 Å². The largest absolute Gasteiger partial charge is 0.314 e. The van der Waals surface area contributed by atoms with E-state index >= 15 is 0 Å². The van der Waals surface area contributed by atoms with Crippen LogP contribution in [0, 0.1) is 6.92 Å². The number of Topliss-reactive ketones (excluding diaryl/α,β-unsaturated/α-hetero) is 1. The van der Waals surface area contributed by atoms with Crippen molar-refractivity contribution in [3.63, 3.8) is 0 Å². The van der Waals surface area contributed by atoms with Gasteiger partial charge in [-0.3, -0.25) is 9.69 Å². The molecular weight excluding hydrogens is 224 g/mol. The molecule has 0 bridgehead atoms. The maximum absolute atomic E-state index is 12.1. The van der Waals surface area contributed by atoms with Gasteiger partial charge in [0.05, 0.1) is 0 Å². The van der Waals surface area contributed by atoms with Crippen LogP contribution in [0.1, 0.15) is 29.3 Å². The lowest BCUT2D eigenvalue weighted by atomic mass is 10.1. The molecule has 1 N–H and O–H groups in total. The average molecular weight is 246 g/mol. The first kappa shape index (κ1) is 13.2. The third-order valence-electron chi connectivity index (χ3n) is 3.64. The summed E-state index contributed by atoms with van der Waals surface area (Å²) in [6.45, 7) is 8.22. The number of aryl methyl sites for hydroxylation is 1. The summed E-state index contributed by atoms with van der Waals surface area (Å²) in [4.78, 5) is 14.5. The predicted octanol–water partition coefficient (Wildman–Crippen LogP) is 1.86. The zero-order chi connectivity index (χ0) is 13.0. The van der Waals surface area contributed by atoms with Gasteiger partial charge in [-0.2, -0.15) is 0 Å². The summed E-state index contributed by atoms with van der Waals surface area (Å²) in [6.07, 6.45) is 0.618. The highest BCUT2D eigenvalue weighted by molar-refractivity contribution is 5.96. The highest BCUT2D eigenvalue weighted by Crippen LogP contribution is 2.09. The van der Waals surface area contributed by atoms with E-state index in [2.05, 4.69) is 17.1 Å². The van der Waals surface area contributed by atoms with E-state index in [-0.39, 0.29) is 5.78 Å². The summed E-state index contributed by atoms with van der Waals surface area (Å²) < 4.78 is 0. The molecule has 1 aromatic rings. The molecule has 0 amide bonds.